The molecular weight excluding hydrogens is 370 g/mol. The van der Waals surface area contributed by atoms with Gasteiger partial charge in [0, 0.05) is 47.2 Å². The number of rotatable bonds is 4. The van der Waals surface area contributed by atoms with Crippen LogP contribution in [0.1, 0.15) is 30.4 Å². The summed E-state index contributed by atoms with van der Waals surface area (Å²) < 4.78 is 2.13. The van der Waals surface area contributed by atoms with E-state index < -0.39 is 0 Å². The van der Waals surface area contributed by atoms with E-state index in [4.69, 9.17) is 4.98 Å². The molecule has 0 radical (unpaired) electrons. The summed E-state index contributed by atoms with van der Waals surface area (Å²) in [7, 11) is 0. The summed E-state index contributed by atoms with van der Waals surface area (Å²) >= 11 is 0. The zero-order valence-corrected chi connectivity index (χ0v) is 17.4. The average molecular weight is 393 g/mol. The van der Waals surface area contributed by atoms with Crippen LogP contribution >= 0.6 is 0 Å². The Labute approximate surface area is 175 Å². The molecule has 5 rings (SSSR count). The second-order valence-corrected chi connectivity index (χ2v) is 7.76. The van der Waals surface area contributed by atoms with Gasteiger partial charge in [0.2, 0.25) is 0 Å². The van der Waals surface area contributed by atoms with Crippen molar-refractivity contribution in [1.82, 2.24) is 24.3 Å². The van der Waals surface area contributed by atoms with Gasteiger partial charge in [0.05, 0.1) is 17.4 Å². The Bertz CT molecular complexity index is 1370. The van der Waals surface area contributed by atoms with E-state index in [0.717, 1.165) is 63.3 Å². The first-order chi connectivity index (χ1) is 14.6. The van der Waals surface area contributed by atoms with Crippen molar-refractivity contribution in [3.63, 3.8) is 0 Å². The maximum Gasteiger partial charge on any atom is 0.137 e. The lowest BCUT2D eigenvalue weighted by Gasteiger charge is -2.09. The van der Waals surface area contributed by atoms with Crippen LogP contribution in [0, 0.1) is 13.8 Å². The molecule has 0 aliphatic heterocycles. The Morgan fingerprint density at radius 1 is 0.867 bits per heavy atom. The lowest BCUT2D eigenvalue weighted by molar-refractivity contribution is 0.835. The third kappa shape index (κ3) is 3.22. The number of hydrogen-bond donors (Lipinski definition) is 0. The fourth-order valence-electron chi connectivity index (χ4n) is 3.90. The van der Waals surface area contributed by atoms with Crippen LogP contribution in [-0.2, 0) is 6.42 Å². The lowest BCUT2D eigenvalue weighted by atomic mass is 10.0. The van der Waals surface area contributed by atoms with Crippen molar-refractivity contribution in [1.29, 1.82) is 0 Å². The SMILES string of the molecule is CCCc1ncc(-c2ccn3c(-c4cc(C)nc5ccc(C)cc45)cnc3c2)cn1. The van der Waals surface area contributed by atoms with Crippen LogP contribution in [0.15, 0.2) is 61.2 Å². The zero-order chi connectivity index (χ0) is 20.7. The molecule has 0 aliphatic carbocycles. The molecule has 0 unspecified atom stereocenters. The van der Waals surface area contributed by atoms with Crippen LogP contribution in [0.4, 0.5) is 0 Å². The molecule has 5 nitrogen and oxygen atoms in total. The minimum absolute atomic E-state index is 0.889. The molecule has 0 saturated heterocycles. The van der Waals surface area contributed by atoms with Gasteiger partial charge in [-0.15, -0.1) is 0 Å². The molecule has 1 aromatic carbocycles. The van der Waals surface area contributed by atoms with Gasteiger partial charge in [0.25, 0.3) is 0 Å². The van der Waals surface area contributed by atoms with Gasteiger partial charge >= 0.3 is 0 Å². The minimum atomic E-state index is 0.889. The summed E-state index contributed by atoms with van der Waals surface area (Å²) in [5.41, 5.74) is 8.40. The molecule has 0 saturated carbocycles. The summed E-state index contributed by atoms with van der Waals surface area (Å²) in [6.45, 7) is 6.28. The van der Waals surface area contributed by atoms with E-state index in [1.54, 1.807) is 0 Å². The molecule has 30 heavy (non-hydrogen) atoms. The van der Waals surface area contributed by atoms with Crippen molar-refractivity contribution in [2.45, 2.75) is 33.6 Å². The van der Waals surface area contributed by atoms with Crippen LogP contribution in [-0.4, -0.2) is 24.3 Å². The van der Waals surface area contributed by atoms with E-state index in [0.29, 0.717) is 0 Å². The summed E-state index contributed by atoms with van der Waals surface area (Å²) in [6.07, 6.45) is 9.76. The Hall–Kier alpha value is -3.60. The Morgan fingerprint density at radius 3 is 2.50 bits per heavy atom. The molecular formula is C25H23N5. The molecule has 0 bridgehead atoms. The number of aromatic nitrogens is 5. The predicted molar refractivity (Wildman–Crippen MR) is 120 cm³/mol. The average Bonchev–Trinajstić information content (AvgIpc) is 3.17. The highest BCUT2D eigenvalue weighted by molar-refractivity contribution is 5.94. The van der Waals surface area contributed by atoms with Crippen LogP contribution < -0.4 is 0 Å². The normalized spacial score (nSPS) is 11.4. The number of hydrogen-bond acceptors (Lipinski definition) is 4. The highest BCUT2D eigenvalue weighted by atomic mass is 15.0. The molecule has 0 aliphatic rings. The smallest absolute Gasteiger partial charge is 0.137 e. The molecule has 5 heteroatoms. The van der Waals surface area contributed by atoms with Crippen LogP contribution in [0.5, 0.6) is 0 Å². The van der Waals surface area contributed by atoms with Crippen LogP contribution in [0.25, 0.3) is 38.9 Å². The van der Waals surface area contributed by atoms with Gasteiger partial charge in [-0.25, -0.2) is 15.0 Å². The van der Waals surface area contributed by atoms with E-state index in [2.05, 4.69) is 75.8 Å². The number of fused-ring (bicyclic) bond motifs is 2. The van der Waals surface area contributed by atoms with Gasteiger partial charge in [0.15, 0.2) is 0 Å². The summed E-state index contributed by atoms with van der Waals surface area (Å²) in [6, 6.07) is 12.7. The number of aryl methyl sites for hydroxylation is 3. The van der Waals surface area contributed by atoms with Gasteiger partial charge in [-0.3, -0.25) is 9.38 Å². The van der Waals surface area contributed by atoms with E-state index in [1.165, 1.54) is 5.56 Å². The maximum absolute atomic E-state index is 4.70. The molecule has 0 fully saturated rings. The van der Waals surface area contributed by atoms with Gasteiger partial charge in [-0.1, -0.05) is 18.6 Å². The first kappa shape index (κ1) is 18.4. The van der Waals surface area contributed by atoms with Crippen molar-refractivity contribution in [3.05, 3.63) is 78.3 Å². The third-order valence-electron chi connectivity index (χ3n) is 5.39. The second-order valence-electron chi connectivity index (χ2n) is 7.76. The molecule has 4 heterocycles. The van der Waals surface area contributed by atoms with E-state index in [9.17, 15) is 0 Å². The molecule has 4 aromatic heterocycles. The zero-order valence-electron chi connectivity index (χ0n) is 17.4. The fraction of sp³-hybridized carbons (Fsp3) is 0.200. The van der Waals surface area contributed by atoms with E-state index >= 15 is 0 Å². The number of benzene rings is 1. The number of pyridine rings is 2. The highest BCUT2D eigenvalue weighted by Gasteiger charge is 2.12. The number of imidazole rings is 1. The Balaban J connectivity index is 1.61. The molecule has 0 N–H and O–H groups in total. The summed E-state index contributed by atoms with van der Waals surface area (Å²) in [5.74, 6) is 0.889. The van der Waals surface area contributed by atoms with Crippen molar-refractivity contribution in [2.75, 3.05) is 0 Å². The molecule has 5 aromatic rings. The Morgan fingerprint density at radius 2 is 1.70 bits per heavy atom. The topological polar surface area (TPSA) is 56.0 Å². The second kappa shape index (κ2) is 7.34. The van der Waals surface area contributed by atoms with Crippen molar-refractivity contribution in [3.8, 4) is 22.4 Å². The highest BCUT2D eigenvalue weighted by Crippen LogP contribution is 2.31. The maximum atomic E-state index is 4.70. The van der Waals surface area contributed by atoms with E-state index in [1.807, 2.05) is 25.5 Å². The van der Waals surface area contributed by atoms with Gasteiger partial charge in [-0.05, 0) is 56.2 Å². The first-order valence-corrected chi connectivity index (χ1v) is 10.3. The van der Waals surface area contributed by atoms with E-state index in [-0.39, 0.29) is 0 Å². The molecule has 0 amide bonds. The van der Waals surface area contributed by atoms with Crippen molar-refractivity contribution in [2.24, 2.45) is 0 Å². The Kier molecular flexibility index (Phi) is 4.51. The molecule has 148 valence electrons. The van der Waals surface area contributed by atoms with Crippen LogP contribution in [0.2, 0.25) is 0 Å². The third-order valence-corrected chi connectivity index (χ3v) is 5.39. The van der Waals surface area contributed by atoms with Crippen LogP contribution in [0.3, 0.4) is 0 Å². The van der Waals surface area contributed by atoms with Gasteiger partial charge in [0.1, 0.15) is 11.5 Å². The predicted octanol–water partition coefficient (Wildman–Crippen LogP) is 5.58. The van der Waals surface area contributed by atoms with Gasteiger partial charge < -0.3 is 0 Å². The molecule has 0 atom stereocenters. The van der Waals surface area contributed by atoms with Crippen molar-refractivity contribution < 1.29 is 0 Å². The summed E-state index contributed by atoms with van der Waals surface area (Å²) in [4.78, 5) is 18.4. The first-order valence-electron chi connectivity index (χ1n) is 10.3. The molecule has 0 spiro atoms. The number of nitrogens with zero attached hydrogens (tertiary/aromatic N) is 5. The largest absolute Gasteiger partial charge is 0.300 e. The fourth-order valence-corrected chi connectivity index (χ4v) is 3.90. The quantitative estimate of drug-likeness (QED) is 0.400. The van der Waals surface area contributed by atoms with Gasteiger partial charge in [-0.2, -0.15) is 0 Å². The monoisotopic (exact) mass is 393 g/mol. The standard InChI is InChI=1S/C25H23N5/c1-4-5-24-26-13-19(14-27-24)18-8-9-30-23(15-28-25(30)12-18)21-11-17(3)29-22-7-6-16(2)10-20(21)22/h6-15H,4-5H2,1-3H3. The summed E-state index contributed by atoms with van der Waals surface area (Å²) in [5, 5.41) is 1.14. The minimum Gasteiger partial charge on any atom is -0.300 e. The lowest BCUT2D eigenvalue weighted by Crippen LogP contribution is -1.95. The van der Waals surface area contributed by atoms with Crippen molar-refractivity contribution >= 4 is 16.6 Å².